The molecule has 0 unspecified atom stereocenters. The predicted molar refractivity (Wildman–Crippen MR) is 86.1 cm³/mol. The summed E-state index contributed by atoms with van der Waals surface area (Å²) >= 11 is 5.57. The Hall–Kier alpha value is -2.46. The molecule has 0 bridgehead atoms. The van der Waals surface area contributed by atoms with E-state index in [-0.39, 0.29) is 16.7 Å². The van der Waals surface area contributed by atoms with Crippen LogP contribution < -0.4 is 10.4 Å². The van der Waals surface area contributed by atoms with Crippen molar-refractivity contribution in [3.63, 3.8) is 0 Å². The Bertz CT molecular complexity index is 1160. The minimum Gasteiger partial charge on any atom is -0.497 e. The molecule has 0 fully saturated rings. The molecular formula is C15H9ClF3NO5S. The lowest BCUT2D eigenvalue weighted by Gasteiger charge is -2.11. The van der Waals surface area contributed by atoms with Crippen molar-refractivity contribution >= 4 is 32.5 Å². The first-order valence-electron chi connectivity index (χ1n) is 6.88. The molecule has 0 aliphatic carbocycles. The molecule has 3 rings (SSSR count). The van der Waals surface area contributed by atoms with Crippen LogP contribution >= 0.6 is 11.6 Å². The second kappa shape index (κ2) is 6.06. The number of fused-ring (bicyclic) bond motifs is 1. The molecule has 1 heterocycles. The molecule has 0 saturated heterocycles. The summed E-state index contributed by atoms with van der Waals surface area (Å²) in [6, 6.07) is 5.92. The quantitative estimate of drug-likeness (QED) is 0.664. The minimum absolute atomic E-state index is 0.0348. The Morgan fingerprint density at radius 3 is 2.42 bits per heavy atom. The van der Waals surface area contributed by atoms with Gasteiger partial charge in [0.1, 0.15) is 11.3 Å². The normalized spacial score (nSPS) is 12.5. The van der Waals surface area contributed by atoms with Crippen molar-refractivity contribution in [3.8, 4) is 5.75 Å². The summed E-state index contributed by atoms with van der Waals surface area (Å²) in [5.41, 5.74) is -2.23. The van der Waals surface area contributed by atoms with Gasteiger partial charge in [0.05, 0.1) is 28.0 Å². The number of halogens is 4. The Morgan fingerprint density at radius 1 is 1.15 bits per heavy atom. The van der Waals surface area contributed by atoms with Crippen LogP contribution in [0.4, 0.5) is 13.2 Å². The summed E-state index contributed by atoms with van der Waals surface area (Å²) in [7, 11) is -3.17. The van der Waals surface area contributed by atoms with Gasteiger partial charge in [-0.25, -0.2) is 4.79 Å². The van der Waals surface area contributed by atoms with Gasteiger partial charge in [-0.15, -0.1) is 0 Å². The fourth-order valence-electron chi connectivity index (χ4n) is 2.30. The van der Waals surface area contributed by atoms with Gasteiger partial charge in [-0.2, -0.15) is 21.6 Å². The Kier molecular flexibility index (Phi) is 4.27. The molecule has 138 valence electrons. The lowest BCUT2D eigenvalue weighted by Crippen LogP contribution is -2.14. The summed E-state index contributed by atoms with van der Waals surface area (Å²) in [4.78, 5) is 11.3. The van der Waals surface area contributed by atoms with E-state index in [0.717, 1.165) is 6.07 Å². The van der Waals surface area contributed by atoms with Crippen LogP contribution in [0.2, 0.25) is 5.02 Å². The van der Waals surface area contributed by atoms with Crippen molar-refractivity contribution in [3.05, 3.63) is 57.4 Å². The first-order chi connectivity index (χ1) is 12.1. The fourth-order valence-corrected chi connectivity index (χ4v) is 3.92. The summed E-state index contributed by atoms with van der Waals surface area (Å²) < 4.78 is 73.9. The van der Waals surface area contributed by atoms with Gasteiger partial charge < -0.3 is 9.26 Å². The number of methoxy groups -OCH3 is 1. The van der Waals surface area contributed by atoms with Crippen LogP contribution in [0.3, 0.4) is 0 Å². The highest BCUT2D eigenvalue weighted by atomic mass is 35.5. The molecule has 0 amide bonds. The second-order valence-electron chi connectivity index (χ2n) is 5.13. The van der Waals surface area contributed by atoms with E-state index in [1.165, 1.54) is 25.3 Å². The lowest BCUT2D eigenvalue weighted by molar-refractivity contribution is -0.137. The molecule has 0 aliphatic rings. The molecule has 11 heteroatoms. The van der Waals surface area contributed by atoms with Gasteiger partial charge in [0, 0.05) is 6.07 Å². The van der Waals surface area contributed by atoms with Gasteiger partial charge in [0.2, 0.25) is 0 Å². The second-order valence-corrected chi connectivity index (χ2v) is 7.29. The highest BCUT2D eigenvalue weighted by Gasteiger charge is 2.34. The molecule has 0 atom stereocenters. The number of nitrogens with zero attached hydrogens (tertiary/aromatic N) is 1. The summed E-state index contributed by atoms with van der Waals surface area (Å²) in [5, 5.41) is -0.831. The van der Waals surface area contributed by atoms with Gasteiger partial charge in [0.15, 0.2) is 0 Å². The minimum atomic E-state index is -4.74. The zero-order valence-electron chi connectivity index (χ0n) is 12.9. The topological polar surface area (TPSA) is 78.5 Å². The van der Waals surface area contributed by atoms with Crippen LogP contribution in [-0.4, -0.2) is 19.7 Å². The average molecular weight is 408 g/mol. The first-order valence-corrected chi connectivity index (χ1v) is 8.70. The number of ether oxygens (including phenoxy) is 1. The van der Waals surface area contributed by atoms with Crippen LogP contribution in [0.1, 0.15) is 5.56 Å². The van der Waals surface area contributed by atoms with Gasteiger partial charge in [-0.05, 0) is 30.3 Å². The third kappa shape index (κ3) is 2.95. The molecule has 6 nitrogen and oxygen atoms in total. The van der Waals surface area contributed by atoms with Crippen molar-refractivity contribution in [1.29, 1.82) is 0 Å². The summed E-state index contributed by atoms with van der Waals surface area (Å²) in [6.07, 6.45) is -4.74. The van der Waals surface area contributed by atoms with Crippen LogP contribution in [-0.2, 0) is 16.2 Å². The van der Waals surface area contributed by atoms with E-state index in [1.807, 2.05) is 0 Å². The van der Waals surface area contributed by atoms with Crippen LogP contribution in [0.15, 0.2) is 50.6 Å². The maximum Gasteiger partial charge on any atom is 0.417 e. The standard InChI is InChI=1S/C15H9ClF3NO5S/c1-24-8-2-4-10-13(6-8)20(25-14(10)21)26(22,23)9-3-5-11(12(16)7-9)15(17,18)19/h2-7H,1H3. The molecule has 1 aromatic heterocycles. The van der Waals surface area contributed by atoms with Crippen molar-refractivity contribution in [1.82, 2.24) is 4.15 Å². The summed E-state index contributed by atoms with van der Waals surface area (Å²) in [6.45, 7) is 0. The molecule has 0 radical (unpaired) electrons. The molecule has 0 spiro atoms. The van der Waals surface area contributed by atoms with Crippen LogP contribution in [0.5, 0.6) is 5.75 Å². The van der Waals surface area contributed by atoms with E-state index >= 15 is 0 Å². The zero-order valence-corrected chi connectivity index (χ0v) is 14.4. The van der Waals surface area contributed by atoms with Gasteiger partial charge in [-0.1, -0.05) is 15.7 Å². The smallest absolute Gasteiger partial charge is 0.417 e. The lowest BCUT2D eigenvalue weighted by atomic mass is 10.2. The number of aromatic nitrogens is 1. The van der Waals surface area contributed by atoms with Gasteiger partial charge >= 0.3 is 11.8 Å². The zero-order chi connectivity index (χ0) is 19.3. The monoisotopic (exact) mass is 407 g/mol. The maximum atomic E-state index is 12.8. The van der Waals surface area contributed by atoms with Gasteiger partial charge in [-0.3, -0.25) is 0 Å². The Morgan fingerprint density at radius 2 is 1.85 bits per heavy atom. The van der Waals surface area contributed by atoms with Crippen LogP contribution in [0.25, 0.3) is 10.9 Å². The van der Waals surface area contributed by atoms with Crippen LogP contribution in [0, 0.1) is 0 Å². The van der Waals surface area contributed by atoms with E-state index in [2.05, 4.69) is 0 Å². The average Bonchev–Trinajstić information content (AvgIpc) is 2.90. The molecule has 3 aromatic rings. The van der Waals surface area contributed by atoms with Crippen molar-refractivity contribution in [2.24, 2.45) is 0 Å². The highest BCUT2D eigenvalue weighted by Crippen LogP contribution is 2.36. The fraction of sp³-hybridized carbons (Fsp3) is 0.133. The predicted octanol–water partition coefficient (Wildman–Crippen LogP) is 3.51. The number of benzene rings is 2. The third-order valence-corrected chi connectivity index (χ3v) is 5.42. The molecular weight excluding hydrogens is 399 g/mol. The highest BCUT2D eigenvalue weighted by molar-refractivity contribution is 7.90. The van der Waals surface area contributed by atoms with Crippen molar-refractivity contribution in [2.45, 2.75) is 11.1 Å². The van der Waals surface area contributed by atoms with E-state index in [1.54, 1.807) is 0 Å². The van der Waals surface area contributed by atoms with Gasteiger partial charge in [0.25, 0.3) is 10.0 Å². The van der Waals surface area contributed by atoms with E-state index in [4.69, 9.17) is 20.9 Å². The number of rotatable bonds is 3. The molecule has 0 N–H and O–H groups in total. The largest absolute Gasteiger partial charge is 0.497 e. The van der Waals surface area contributed by atoms with E-state index in [9.17, 15) is 26.4 Å². The SMILES string of the molecule is COc1ccc2c(=O)on(S(=O)(=O)c3ccc(C(F)(F)F)c(Cl)c3)c2c1. The number of hydrogen-bond acceptors (Lipinski definition) is 5. The maximum absolute atomic E-state index is 12.8. The Labute approximate surface area is 149 Å². The molecule has 2 aromatic carbocycles. The van der Waals surface area contributed by atoms with E-state index in [0.29, 0.717) is 16.3 Å². The molecule has 26 heavy (non-hydrogen) atoms. The first kappa shape index (κ1) is 18.3. The summed E-state index contributed by atoms with van der Waals surface area (Å²) in [5.74, 6) is 0.257. The molecule has 0 aliphatic heterocycles. The number of alkyl halides is 3. The van der Waals surface area contributed by atoms with Crippen molar-refractivity contribution in [2.75, 3.05) is 7.11 Å². The third-order valence-electron chi connectivity index (χ3n) is 3.55. The van der Waals surface area contributed by atoms with Crippen molar-refractivity contribution < 1.29 is 30.8 Å². The number of hydrogen-bond donors (Lipinski definition) is 0. The van der Waals surface area contributed by atoms with E-state index < -0.39 is 37.3 Å². The molecule has 0 saturated carbocycles. The Balaban J connectivity index is 2.22.